The van der Waals surface area contributed by atoms with Crippen molar-refractivity contribution in [2.75, 3.05) is 12.4 Å². The quantitative estimate of drug-likeness (QED) is 0.836. The predicted molar refractivity (Wildman–Crippen MR) is 90.9 cm³/mol. The molecule has 2 N–H and O–H groups in total. The van der Waals surface area contributed by atoms with Gasteiger partial charge in [-0.25, -0.2) is 0 Å². The fraction of sp³-hybridized carbons (Fsp3) is 0.222. The zero-order chi connectivity index (χ0) is 18.4. The molecule has 0 aliphatic heterocycles. The van der Waals surface area contributed by atoms with Crippen LogP contribution in [0.4, 0.5) is 10.5 Å². The maximum Gasteiger partial charge on any atom is 0.246 e. The number of carbonyl (C=O) groups is 2. The van der Waals surface area contributed by atoms with Gasteiger partial charge in [0, 0.05) is 11.8 Å². The summed E-state index contributed by atoms with van der Waals surface area (Å²) >= 11 is 0. The molecule has 2 rings (SSSR count). The molecule has 0 unspecified atom stereocenters. The molecule has 0 heterocycles. The largest absolute Gasteiger partial charge is 0.530 e. The molecular formula is C18H19N2O5-. The second-order valence-corrected chi connectivity index (χ2v) is 5.40. The number of benzene rings is 2. The van der Waals surface area contributed by atoms with Gasteiger partial charge in [0.1, 0.15) is 29.4 Å². The van der Waals surface area contributed by atoms with Crippen LogP contribution >= 0.6 is 0 Å². The van der Waals surface area contributed by atoms with Gasteiger partial charge >= 0.3 is 0 Å². The Morgan fingerprint density at radius 2 is 1.72 bits per heavy atom. The molecule has 0 bridgehead atoms. The van der Waals surface area contributed by atoms with Crippen LogP contribution in [0.2, 0.25) is 0 Å². The average Bonchev–Trinajstić information content (AvgIpc) is 2.58. The molecule has 7 heteroatoms. The van der Waals surface area contributed by atoms with E-state index in [-0.39, 0.29) is 0 Å². The molecule has 0 aliphatic rings. The third kappa shape index (κ3) is 5.13. The van der Waals surface area contributed by atoms with Gasteiger partial charge in [-0.15, -0.1) is 0 Å². The number of rotatable bonds is 6. The third-order valence-corrected chi connectivity index (χ3v) is 3.47. The van der Waals surface area contributed by atoms with Crippen LogP contribution in [0.15, 0.2) is 42.5 Å². The summed E-state index contributed by atoms with van der Waals surface area (Å²) in [5, 5.41) is 15.0. The number of carboxylic acid groups (broad SMARTS) is 1. The standard InChI is InChI=1S/C18H20N2O5/c1-11-4-7-15(24-3)10-16(11)25-14-8-5-13(6-9-14)20-17(21)12(2)19-18(22)23/h4-10,12,19H,1-3H3,(H,20,21)(H,22,23)/p-1/t12-/m1/s1. The van der Waals surface area contributed by atoms with E-state index in [0.717, 1.165) is 5.56 Å². The SMILES string of the molecule is COc1ccc(C)c(Oc2ccc(NC(=O)[C@@H](C)NC(=O)[O-])cc2)c1. The van der Waals surface area contributed by atoms with E-state index in [9.17, 15) is 14.7 Å². The summed E-state index contributed by atoms with van der Waals surface area (Å²) in [4.78, 5) is 22.3. The van der Waals surface area contributed by atoms with Crippen LogP contribution in [-0.2, 0) is 4.79 Å². The highest BCUT2D eigenvalue weighted by Crippen LogP contribution is 2.29. The minimum Gasteiger partial charge on any atom is -0.530 e. The van der Waals surface area contributed by atoms with Crippen molar-refractivity contribution < 1.29 is 24.2 Å². The summed E-state index contributed by atoms with van der Waals surface area (Å²) in [5.74, 6) is 1.47. The summed E-state index contributed by atoms with van der Waals surface area (Å²) in [7, 11) is 1.59. The third-order valence-electron chi connectivity index (χ3n) is 3.47. The molecule has 132 valence electrons. The molecule has 7 nitrogen and oxygen atoms in total. The lowest BCUT2D eigenvalue weighted by molar-refractivity contribution is -0.251. The molecule has 2 aromatic rings. The van der Waals surface area contributed by atoms with Crippen molar-refractivity contribution >= 4 is 17.7 Å². The second kappa shape index (κ2) is 8.05. The summed E-state index contributed by atoms with van der Waals surface area (Å²) < 4.78 is 11.0. The van der Waals surface area contributed by atoms with Gasteiger partial charge in [0.25, 0.3) is 0 Å². The van der Waals surface area contributed by atoms with Gasteiger partial charge < -0.3 is 30.0 Å². The molecule has 0 aromatic heterocycles. The minimum absolute atomic E-state index is 0.485. The number of anilines is 1. The van der Waals surface area contributed by atoms with Gasteiger partial charge in [0.05, 0.1) is 7.11 Å². The van der Waals surface area contributed by atoms with E-state index in [1.54, 1.807) is 37.4 Å². The number of ether oxygens (including phenoxy) is 2. The Hall–Kier alpha value is -3.22. The fourth-order valence-electron chi connectivity index (χ4n) is 2.04. The Bertz CT molecular complexity index is 759. The number of methoxy groups -OCH3 is 1. The van der Waals surface area contributed by atoms with Crippen molar-refractivity contribution in [1.82, 2.24) is 5.32 Å². The molecule has 0 saturated carbocycles. The first kappa shape index (κ1) is 18.1. The molecule has 2 aromatic carbocycles. The van der Waals surface area contributed by atoms with Gasteiger partial charge in [0.15, 0.2) is 0 Å². The molecule has 25 heavy (non-hydrogen) atoms. The van der Waals surface area contributed by atoms with Crippen molar-refractivity contribution in [3.8, 4) is 17.2 Å². The fourth-order valence-corrected chi connectivity index (χ4v) is 2.04. The number of hydrogen-bond acceptors (Lipinski definition) is 5. The first-order valence-corrected chi connectivity index (χ1v) is 7.60. The predicted octanol–water partition coefficient (Wildman–Crippen LogP) is 2.06. The number of amides is 2. The van der Waals surface area contributed by atoms with Crippen LogP contribution in [0, 0.1) is 6.92 Å². The van der Waals surface area contributed by atoms with Crippen LogP contribution < -0.4 is 25.2 Å². The molecule has 1 atom stereocenters. The highest BCUT2D eigenvalue weighted by molar-refractivity contribution is 5.96. The van der Waals surface area contributed by atoms with Crippen LogP contribution in [-0.4, -0.2) is 25.2 Å². The molecule has 2 amide bonds. The maximum absolute atomic E-state index is 11.8. The smallest absolute Gasteiger partial charge is 0.246 e. The highest BCUT2D eigenvalue weighted by atomic mass is 16.5. The summed E-state index contributed by atoms with van der Waals surface area (Å²) in [6.45, 7) is 3.35. The maximum atomic E-state index is 11.8. The van der Waals surface area contributed by atoms with Gasteiger partial charge in [0.2, 0.25) is 5.91 Å². The first-order chi connectivity index (χ1) is 11.9. The van der Waals surface area contributed by atoms with Crippen molar-refractivity contribution in [3.05, 3.63) is 48.0 Å². The van der Waals surface area contributed by atoms with E-state index in [0.29, 0.717) is 22.9 Å². The van der Waals surface area contributed by atoms with Crippen LogP contribution in [0.1, 0.15) is 12.5 Å². The minimum atomic E-state index is -1.50. The monoisotopic (exact) mass is 343 g/mol. The normalized spacial score (nSPS) is 11.3. The lowest BCUT2D eigenvalue weighted by Crippen LogP contribution is -2.47. The van der Waals surface area contributed by atoms with E-state index < -0.39 is 18.0 Å². The zero-order valence-electron chi connectivity index (χ0n) is 14.2. The van der Waals surface area contributed by atoms with Gasteiger partial charge in [-0.05, 0) is 49.7 Å². The topological polar surface area (TPSA) is 99.7 Å². The van der Waals surface area contributed by atoms with Crippen molar-refractivity contribution in [1.29, 1.82) is 0 Å². The van der Waals surface area contributed by atoms with Crippen molar-refractivity contribution in [3.63, 3.8) is 0 Å². The second-order valence-electron chi connectivity index (χ2n) is 5.40. The van der Waals surface area contributed by atoms with Gasteiger partial charge in [-0.2, -0.15) is 0 Å². The van der Waals surface area contributed by atoms with Crippen molar-refractivity contribution in [2.24, 2.45) is 0 Å². The highest BCUT2D eigenvalue weighted by Gasteiger charge is 2.12. The number of aryl methyl sites for hydroxylation is 1. The summed E-state index contributed by atoms with van der Waals surface area (Å²) in [6, 6.07) is 11.3. The van der Waals surface area contributed by atoms with Crippen molar-refractivity contribution in [2.45, 2.75) is 19.9 Å². The molecule has 0 spiro atoms. The lowest BCUT2D eigenvalue weighted by atomic mass is 10.2. The number of nitrogens with one attached hydrogen (secondary N) is 2. The van der Waals surface area contributed by atoms with Crippen LogP contribution in [0.25, 0.3) is 0 Å². The molecular weight excluding hydrogens is 324 g/mol. The summed E-state index contributed by atoms with van der Waals surface area (Å²) in [6.07, 6.45) is -1.50. The van der Waals surface area contributed by atoms with Gasteiger partial charge in [-0.1, -0.05) is 6.07 Å². The Morgan fingerprint density at radius 3 is 2.32 bits per heavy atom. The molecule has 0 aliphatic carbocycles. The summed E-state index contributed by atoms with van der Waals surface area (Å²) in [5.41, 5.74) is 1.48. The van der Waals surface area contributed by atoms with Gasteiger partial charge in [-0.3, -0.25) is 4.79 Å². The molecule has 0 saturated heterocycles. The van der Waals surface area contributed by atoms with E-state index >= 15 is 0 Å². The molecule has 0 radical (unpaired) electrons. The van der Waals surface area contributed by atoms with Crippen LogP contribution in [0.3, 0.4) is 0 Å². The number of carbonyl (C=O) groups excluding carboxylic acids is 2. The lowest BCUT2D eigenvalue weighted by Gasteiger charge is -2.15. The van der Waals surface area contributed by atoms with E-state index in [1.165, 1.54) is 6.92 Å². The number of hydrogen-bond donors (Lipinski definition) is 2. The Balaban J connectivity index is 2.03. The van der Waals surface area contributed by atoms with E-state index in [2.05, 4.69) is 5.32 Å². The average molecular weight is 343 g/mol. The van der Waals surface area contributed by atoms with E-state index in [1.807, 2.05) is 24.4 Å². The Labute approximate surface area is 145 Å². The Morgan fingerprint density at radius 1 is 1.08 bits per heavy atom. The first-order valence-electron chi connectivity index (χ1n) is 7.60. The Kier molecular flexibility index (Phi) is 5.84. The zero-order valence-corrected chi connectivity index (χ0v) is 14.2. The van der Waals surface area contributed by atoms with Crippen LogP contribution in [0.5, 0.6) is 17.2 Å². The van der Waals surface area contributed by atoms with E-state index in [4.69, 9.17) is 9.47 Å². The molecule has 0 fully saturated rings.